The molecule has 0 spiro atoms. The van der Waals surface area contributed by atoms with Gasteiger partial charge in [0.25, 0.3) is 0 Å². The Morgan fingerprint density at radius 3 is 2.00 bits per heavy atom. The lowest BCUT2D eigenvalue weighted by Gasteiger charge is -2.48. The van der Waals surface area contributed by atoms with Crippen molar-refractivity contribution in [1.82, 2.24) is 4.90 Å². The Kier molecular flexibility index (Phi) is 7.80. The van der Waals surface area contributed by atoms with Crippen LogP contribution in [-0.2, 0) is 13.0 Å². The topological polar surface area (TPSA) is 3.24 Å². The zero-order valence-corrected chi connectivity index (χ0v) is 16.7. The smallest absolute Gasteiger partial charge is 0.0242 e. The molecule has 0 N–H and O–H groups in total. The fourth-order valence-electron chi connectivity index (χ4n) is 3.84. The van der Waals surface area contributed by atoms with E-state index in [-0.39, 0.29) is 0 Å². The summed E-state index contributed by atoms with van der Waals surface area (Å²) in [5, 5.41) is 0. The molecule has 0 fully saturated rings. The number of nitrogens with zero attached hydrogens (tertiary/aromatic N) is 1. The van der Waals surface area contributed by atoms with Gasteiger partial charge in [-0.05, 0) is 42.7 Å². The second kappa shape index (κ2) is 8.87. The van der Waals surface area contributed by atoms with Gasteiger partial charge in [0.1, 0.15) is 0 Å². The van der Waals surface area contributed by atoms with Crippen LogP contribution in [-0.4, -0.2) is 17.0 Å². The van der Waals surface area contributed by atoms with E-state index in [2.05, 4.69) is 63.8 Å². The SMILES string of the molecule is CC.CCC(C)(CC)CC(C)(CC)N1CCc2ccccc2C1. The highest BCUT2D eigenvalue weighted by molar-refractivity contribution is 5.29. The Bertz CT molecular complexity index is 461. The van der Waals surface area contributed by atoms with Gasteiger partial charge in [0, 0.05) is 18.6 Å². The maximum absolute atomic E-state index is 2.75. The number of rotatable bonds is 6. The third kappa shape index (κ3) is 4.83. The normalized spacial score (nSPS) is 17.7. The van der Waals surface area contributed by atoms with E-state index in [1.165, 1.54) is 44.2 Å². The van der Waals surface area contributed by atoms with Crippen molar-refractivity contribution in [3.05, 3.63) is 35.4 Å². The van der Waals surface area contributed by atoms with Crippen molar-refractivity contribution in [3.8, 4) is 0 Å². The zero-order chi connectivity index (χ0) is 17.5. The van der Waals surface area contributed by atoms with Crippen LogP contribution in [0.3, 0.4) is 0 Å². The lowest BCUT2D eigenvalue weighted by atomic mass is 9.72. The van der Waals surface area contributed by atoms with Gasteiger partial charge < -0.3 is 0 Å². The summed E-state index contributed by atoms with van der Waals surface area (Å²) in [5.41, 5.74) is 3.90. The van der Waals surface area contributed by atoms with Crippen LogP contribution in [0.1, 0.15) is 85.3 Å². The van der Waals surface area contributed by atoms with Crippen LogP contribution < -0.4 is 0 Å². The van der Waals surface area contributed by atoms with E-state index in [1.54, 1.807) is 5.56 Å². The second-order valence-corrected chi connectivity index (χ2v) is 7.49. The van der Waals surface area contributed by atoms with Gasteiger partial charge in [-0.25, -0.2) is 0 Å². The monoisotopic (exact) mass is 317 g/mol. The van der Waals surface area contributed by atoms with Crippen molar-refractivity contribution in [3.63, 3.8) is 0 Å². The van der Waals surface area contributed by atoms with E-state index >= 15 is 0 Å². The molecule has 1 aliphatic heterocycles. The van der Waals surface area contributed by atoms with Crippen LogP contribution >= 0.6 is 0 Å². The van der Waals surface area contributed by atoms with Gasteiger partial charge in [-0.3, -0.25) is 4.90 Å². The summed E-state index contributed by atoms with van der Waals surface area (Å²) in [6.45, 7) is 18.4. The third-order valence-corrected chi connectivity index (χ3v) is 6.17. The molecule has 2 rings (SSSR count). The lowest BCUT2D eigenvalue weighted by Crippen LogP contribution is -2.50. The molecule has 0 radical (unpaired) electrons. The molecule has 0 aromatic heterocycles. The number of fused-ring (bicyclic) bond motifs is 1. The van der Waals surface area contributed by atoms with Crippen molar-refractivity contribution < 1.29 is 0 Å². The molecule has 1 atom stereocenters. The van der Waals surface area contributed by atoms with Gasteiger partial charge in [0.05, 0.1) is 0 Å². The third-order valence-electron chi connectivity index (χ3n) is 6.17. The minimum absolute atomic E-state index is 0.328. The van der Waals surface area contributed by atoms with Gasteiger partial charge in [-0.1, -0.05) is 78.6 Å². The molecule has 132 valence electrons. The maximum Gasteiger partial charge on any atom is 0.0242 e. The molecule has 0 saturated carbocycles. The van der Waals surface area contributed by atoms with Crippen molar-refractivity contribution in [2.75, 3.05) is 6.54 Å². The molecule has 0 amide bonds. The summed E-state index contributed by atoms with van der Waals surface area (Å²) in [6.07, 6.45) is 6.32. The largest absolute Gasteiger partial charge is 0.293 e. The standard InChI is InChI=1S/C20H33N.C2H6/c1-6-19(4,7-2)16-20(5,8-3)21-14-13-17-11-9-10-12-18(17)15-21;1-2/h9-12H,6-8,13-16H2,1-5H3;1-2H3. The van der Waals surface area contributed by atoms with Crippen molar-refractivity contribution in [1.29, 1.82) is 0 Å². The van der Waals surface area contributed by atoms with E-state index in [0.717, 1.165) is 6.54 Å². The summed E-state index contributed by atoms with van der Waals surface area (Å²) < 4.78 is 0. The average molecular weight is 318 g/mol. The summed E-state index contributed by atoms with van der Waals surface area (Å²) in [7, 11) is 0. The Morgan fingerprint density at radius 2 is 1.48 bits per heavy atom. The van der Waals surface area contributed by atoms with Crippen LogP contribution in [0.5, 0.6) is 0 Å². The molecule has 1 heterocycles. The van der Waals surface area contributed by atoms with E-state index < -0.39 is 0 Å². The Labute approximate surface area is 145 Å². The fraction of sp³-hybridized carbons (Fsp3) is 0.727. The number of benzene rings is 1. The molecular weight excluding hydrogens is 278 g/mol. The molecular formula is C22H39N. The Balaban J connectivity index is 0.00000127. The minimum Gasteiger partial charge on any atom is -0.293 e. The van der Waals surface area contributed by atoms with E-state index in [9.17, 15) is 0 Å². The average Bonchev–Trinajstić information content (AvgIpc) is 2.62. The molecule has 23 heavy (non-hydrogen) atoms. The quantitative estimate of drug-likeness (QED) is 0.582. The second-order valence-electron chi connectivity index (χ2n) is 7.49. The van der Waals surface area contributed by atoms with Gasteiger partial charge in [0.15, 0.2) is 0 Å². The summed E-state index contributed by atoms with van der Waals surface area (Å²) in [6, 6.07) is 8.99. The Morgan fingerprint density at radius 1 is 0.913 bits per heavy atom. The first-order chi connectivity index (χ1) is 11.0. The predicted octanol–water partition coefficient (Wildman–Crippen LogP) is 6.46. The van der Waals surface area contributed by atoms with Crippen LogP contribution in [0.15, 0.2) is 24.3 Å². The van der Waals surface area contributed by atoms with Gasteiger partial charge >= 0.3 is 0 Å². The highest BCUT2D eigenvalue weighted by Crippen LogP contribution is 2.40. The highest BCUT2D eigenvalue weighted by Gasteiger charge is 2.37. The molecule has 0 saturated heterocycles. The fourth-order valence-corrected chi connectivity index (χ4v) is 3.84. The molecule has 1 unspecified atom stereocenters. The maximum atomic E-state index is 2.75. The summed E-state index contributed by atoms with van der Waals surface area (Å²) in [5.74, 6) is 0. The van der Waals surface area contributed by atoms with Crippen LogP contribution in [0.4, 0.5) is 0 Å². The first kappa shape index (κ1) is 20.2. The molecule has 1 heteroatoms. The predicted molar refractivity (Wildman–Crippen MR) is 104 cm³/mol. The zero-order valence-electron chi connectivity index (χ0n) is 16.7. The first-order valence-corrected chi connectivity index (χ1v) is 9.78. The molecule has 1 aromatic carbocycles. The van der Waals surface area contributed by atoms with Crippen LogP contribution in [0, 0.1) is 5.41 Å². The summed E-state index contributed by atoms with van der Waals surface area (Å²) >= 11 is 0. The van der Waals surface area contributed by atoms with Gasteiger partial charge in [0.2, 0.25) is 0 Å². The van der Waals surface area contributed by atoms with E-state index in [4.69, 9.17) is 0 Å². The minimum atomic E-state index is 0.328. The number of hydrogen-bond donors (Lipinski definition) is 0. The van der Waals surface area contributed by atoms with Crippen molar-refractivity contribution in [2.24, 2.45) is 5.41 Å². The van der Waals surface area contributed by atoms with Gasteiger partial charge in [-0.15, -0.1) is 0 Å². The molecule has 1 nitrogen and oxygen atoms in total. The van der Waals surface area contributed by atoms with Crippen molar-refractivity contribution >= 4 is 0 Å². The summed E-state index contributed by atoms with van der Waals surface area (Å²) in [4.78, 5) is 2.75. The lowest BCUT2D eigenvalue weighted by molar-refractivity contribution is 0.0338. The van der Waals surface area contributed by atoms with E-state index in [1.807, 2.05) is 13.8 Å². The highest BCUT2D eigenvalue weighted by atomic mass is 15.2. The van der Waals surface area contributed by atoms with Gasteiger partial charge in [-0.2, -0.15) is 0 Å². The van der Waals surface area contributed by atoms with Crippen molar-refractivity contribution in [2.45, 2.75) is 92.7 Å². The Hall–Kier alpha value is -0.820. The molecule has 0 bridgehead atoms. The molecule has 0 aliphatic carbocycles. The molecule has 1 aromatic rings. The van der Waals surface area contributed by atoms with Crippen LogP contribution in [0.2, 0.25) is 0 Å². The van der Waals surface area contributed by atoms with Crippen LogP contribution in [0.25, 0.3) is 0 Å². The number of hydrogen-bond acceptors (Lipinski definition) is 1. The molecule has 1 aliphatic rings. The first-order valence-electron chi connectivity index (χ1n) is 9.78. The van der Waals surface area contributed by atoms with E-state index in [0.29, 0.717) is 11.0 Å².